The lowest BCUT2D eigenvalue weighted by molar-refractivity contribution is 1.25. The maximum absolute atomic E-state index is 11.1. The summed E-state index contributed by atoms with van der Waals surface area (Å²) in [4.78, 5) is 17.5. The van der Waals surface area contributed by atoms with Crippen LogP contribution in [0.3, 0.4) is 0 Å². The number of hydrogen-bond donors (Lipinski definition) is 1. The van der Waals surface area contributed by atoms with E-state index in [1.807, 2.05) is 6.07 Å². The Morgan fingerprint density at radius 2 is 2.45 bits per heavy atom. The van der Waals surface area contributed by atoms with Crippen LogP contribution in [0.15, 0.2) is 23.4 Å². The molecule has 0 aliphatic rings. The minimum Gasteiger partial charge on any atom is -0.327 e. The van der Waals surface area contributed by atoms with E-state index in [2.05, 4.69) is 32.8 Å². The minimum absolute atomic E-state index is 0.141. The van der Waals surface area contributed by atoms with Crippen LogP contribution in [0.25, 0.3) is 11.0 Å². The van der Waals surface area contributed by atoms with Gasteiger partial charge in [-0.2, -0.15) is 0 Å². The quantitative estimate of drug-likeness (QED) is 0.717. The number of hydrogen-bond acceptors (Lipinski definition) is 2. The minimum atomic E-state index is -0.141. The van der Waals surface area contributed by atoms with Gasteiger partial charge in [0.2, 0.25) is 0 Å². The summed E-state index contributed by atoms with van der Waals surface area (Å²) >= 11 is 2.07. The SMILES string of the molecule is O=c1[nH]ccc2c1ncn2I. The van der Waals surface area contributed by atoms with Gasteiger partial charge < -0.3 is 4.98 Å². The largest absolute Gasteiger partial charge is 0.327 e. The zero-order chi connectivity index (χ0) is 7.84. The maximum Gasteiger partial charge on any atom is 0.276 e. The van der Waals surface area contributed by atoms with Crippen molar-refractivity contribution in [3.63, 3.8) is 0 Å². The summed E-state index contributed by atoms with van der Waals surface area (Å²) in [6.07, 6.45) is 3.22. The normalized spacial score (nSPS) is 10.6. The van der Waals surface area contributed by atoms with Crippen LogP contribution in [0.1, 0.15) is 0 Å². The molecule has 0 fully saturated rings. The van der Waals surface area contributed by atoms with Crippen molar-refractivity contribution in [2.24, 2.45) is 0 Å². The summed E-state index contributed by atoms with van der Waals surface area (Å²) in [5, 5.41) is 0. The number of aromatic amines is 1. The Morgan fingerprint density at radius 3 is 3.18 bits per heavy atom. The fourth-order valence-corrected chi connectivity index (χ4v) is 1.44. The van der Waals surface area contributed by atoms with Crippen LogP contribution in [0.4, 0.5) is 0 Å². The van der Waals surface area contributed by atoms with E-state index in [0.29, 0.717) is 5.52 Å². The van der Waals surface area contributed by atoms with Crippen LogP contribution < -0.4 is 5.56 Å². The zero-order valence-corrected chi connectivity index (χ0v) is 7.57. The van der Waals surface area contributed by atoms with Crippen molar-refractivity contribution >= 4 is 33.9 Å². The van der Waals surface area contributed by atoms with E-state index in [0.717, 1.165) is 5.52 Å². The molecule has 11 heavy (non-hydrogen) atoms. The van der Waals surface area contributed by atoms with Crippen LogP contribution in [0, 0.1) is 0 Å². The molecule has 0 spiro atoms. The summed E-state index contributed by atoms with van der Waals surface area (Å²) in [7, 11) is 0. The number of nitrogens with one attached hydrogen (secondary N) is 1. The summed E-state index contributed by atoms with van der Waals surface area (Å²) in [5.74, 6) is 0. The summed E-state index contributed by atoms with van der Waals surface area (Å²) in [6.45, 7) is 0. The second-order valence-corrected chi connectivity index (χ2v) is 3.14. The van der Waals surface area contributed by atoms with Crippen molar-refractivity contribution in [2.45, 2.75) is 0 Å². The molecule has 0 aromatic carbocycles. The van der Waals surface area contributed by atoms with Crippen molar-refractivity contribution in [1.82, 2.24) is 12.7 Å². The number of imidazole rings is 1. The maximum atomic E-state index is 11.1. The highest BCUT2D eigenvalue weighted by molar-refractivity contribution is 14.1. The van der Waals surface area contributed by atoms with Gasteiger partial charge in [0.15, 0.2) is 5.52 Å². The van der Waals surface area contributed by atoms with Gasteiger partial charge in [0.1, 0.15) is 6.33 Å². The Balaban J connectivity index is 3.06. The predicted octanol–water partition coefficient (Wildman–Crippen LogP) is 0.923. The Hall–Kier alpha value is -0.850. The van der Waals surface area contributed by atoms with Gasteiger partial charge >= 0.3 is 0 Å². The van der Waals surface area contributed by atoms with Gasteiger partial charge in [0.25, 0.3) is 5.56 Å². The lowest BCUT2D eigenvalue weighted by atomic mass is 10.4. The smallest absolute Gasteiger partial charge is 0.276 e. The standard InChI is InChI=1S/C6H4IN3O/c7-10-3-9-5-4(10)1-2-8-6(5)11/h1-3H,(H,8,11). The molecule has 0 saturated heterocycles. The van der Waals surface area contributed by atoms with Gasteiger partial charge in [0.05, 0.1) is 28.4 Å². The van der Waals surface area contributed by atoms with E-state index >= 15 is 0 Å². The Kier molecular flexibility index (Phi) is 1.45. The molecule has 1 N–H and O–H groups in total. The third kappa shape index (κ3) is 0.953. The first-order valence-corrected chi connectivity index (χ1v) is 3.96. The molecule has 0 radical (unpaired) electrons. The average molecular weight is 261 g/mol. The molecule has 0 saturated carbocycles. The molecule has 0 unspecified atom stereocenters. The molecule has 2 rings (SSSR count). The van der Waals surface area contributed by atoms with Crippen molar-refractivity contribution in [3.8, 4) is 0 Å². The van der Waals surface area contributed by atoms with Crippen LogP contribution in [0.5, 0.6) is 0 Å². The lowest BCUT2D eigenvalue weighted by Gasteiger charge is -1.87. The van der Waals surface area contributed by atoms with Crippen LogP contribution in [-0.4, -0.2) is 12.7 Å². The molecule has 2 aromatic rings. The van der Waals surface area contributed by atoms with Crippen LogP contribution >= 0.6 is 22.9 Å². The van der Waals surface area contributed by atoms with Crippen molar-refractivity contribution < 1.29 is 0 Å². The highest BCUT2D eigenvalue weighted by atomic mass is 127. The first kappa shape index (κ1) is 6.84. The van der Waals surface area contributed by atoms with E-state index in [1.54, 1.807) is 15.3 Å². The van der Waals surface area contributed by atoms with E-state index in [1.165, 1.54) is 0 Å². The van der Waals surface area contributed by atoms with Crippen molar-refractivity contribution in [2.75, 3.05) is 0 Å². The number of rotatable bonds is 0. The van der Waals surface area contributed by atoms with Crippen LogP contribution in [0.2, 0.25) is 0 Å². The zero-order valence-electron chi connectivity index (χ0n) is 5.41. The van der Waals surface area contributed by atoms with E-state index in [-0.39, 0.29) is 5.56 Å². The second kappa shape index (κ2) is 2.33. The van der Waals surface area contributed by atoms with Crippen molar-refractivity contribution in [1.29, 1.82) is 0 Å². The fraction of sp³-hybridized carbons (Fsp3) is 0. The number of H-pyrrole nitrogens is 1. The van der Waals surface area contributed by atoms with E-state index < -0.39 is 0 Å². The van der Waals surface area contributed by atoms with E-state index in [4.69, 9.17) is 0 Å². The molecular weight excluding hydrogens is 257 g/mol. The molecule has 0 aliphatic heterocycles. The van der Waals surface area contributed by atoms with E-state index in [9.17, 15) is 4.79 Å². The highest BCUT2D eigenvalue weighted by Crippen LogP contribution is 2.08. The molecule has 56 valence electrons. The highest BCUT2D eigenvalue weighted by Gasteiger charge is 2.01. The van der Waals surface area contributed by atoms with Gasteiger partial charge in [0, 0.05) is 6.20 Å². The molecule has 0 atom stereocenters. The van der Waals surface area contributed by atoms with Crippen LogP contribution in [-0.2, 0) is 0 Å². The van der Waals surface area contributed by atoms with Gasteiger partial charge in [-0.15, -0.1) is 0 Å². The molecule has 0 amide bonds. The Labute approximate surface area is 75.8 Å². The second-order valence-electron chi connectivity index (χ2n) is 2.10. The first-order chi connectivity index (χ1) is 5.29. The van der Waals surface area contributed by atoms with Gasteiger partial charge in [-0.1, -0.05) is 0 Å². The third-order valence-corrected chi connectivity index (χ3v) is 2.20. The number of nitrogens with zero attached hydrogens (tertiary/aromatic N) is 2. The molecular formula is C6H4IN3O. The topological polar surface area (TPSA) is 50.7 Å². The number of pyridine rings is 1. The molecule has 5 heteroatoms. The molecule has 2 heterocycles. The number of aromatic nitrogens is 3. The number of fused-ring (bicyclic) bond motifs is 1. The Morgan fingerprint density at radius 1 is 1.64 bits per heavy atom. The molecule has 4 nitrogen and oxygen atoms in total. The Bertz CT molecular complexity index is 444. The summed E-state index contributed by atoms with van der Waals surface area (Å²) in [6, 6.07) is 1.82. The molecule has 0 bridgehead atoms. The first-order valence-electron chi connectivity index (χ1n) is 3.00. The lowest BCUT2D eigenvalue weighted by Crippen LogP contribution is -2.04. The monoisotopic (exact) mass is 261 g/mol. The van der Waals surface area contributed by atoms with Crippen molar-refractivity contribution in [3.05, 3.63) is 28.9 Å². The summed E-state index contributed by atoms with van der Waals surface area (Å²) in [5.41, 5.74) is 1.19. The summed E-state index contributed by atoms with van der Waals surface area (Å²) < 4.78 is 1.78. The third-order valence-electron chi connectivity index (χ3n) is 1.43. The average Bonchev–Trinajstić information content (AvgIpc) is 2.35. The molecule has 2 aromatic heterocycles. The van der Waals surface area contributed by atoms with Gasteiger partial charge in [-0.05, 0) is 6.07 Å². The molecule has 0 aliphatic carbocycles. The predicted molar refractivity (Wildman–Crippen MR) is 49.8 cm³/mol. The fourth-order valence-electron chi connectivity index (χ4n) is 0.928. The van der Waals surface area contributed by atoms with Gasteiger partial charge in [-0.3, -0.25) is 7.58 Å². The van der Waals surface area contributed by atoms with Gasteiger partial charge in [-0.25, -0.2) is 4.98 Å². The number of halogens is 1.